The van der Waals surface area contributed by atoms with E-state index in [0.29, 0.717) is 18.4 Å². The highest BCUT2D eigenvalue weighted by atomic mass is 16.7. The quantitative estimate of drug-likeness (QED) is 0.210. The van der Waals surface area contributed by atoms with Gasteiger partial charge in [0.1, 0.15) is 0 Å². The number of ether oxygens (including phenoxy) is 4. The van der Waals surface area contributed by atoms with Crippen LogP contribution < -0.4 is 14.8 Å². The zero-order valence-electron chi connectivity index (χ0n) is 19.1. The van der Waals surface area contributed by atoms with Crippen LogP contribution in [0.3, 0.4) is 0 Å². The monoisotopic (exact) mass is 453 g/mol. The number of hydrogen-bond acceptors (Lipinski definition) is 9. The normalized spacial score (nSPS) is 13.4. The van der Waals surface area contributed by atoms with Crippen LogP contribution in [-0.4, -0.2) is 47.5 Å². The standard InChI is InChI=1S/C22H31NO9/c1-6-8-11-29-21(28)32-22(20(26)27,23-14(3)7-2)13-17-9-10-18(30-15(4)24)19(12-17)31-16(5)25/h9-10,12,14,23H,6-8,11,13H2,1-5H3,(H,26,27)/t14?,22-/m0/s1. The van der Waals surface area contributed by atoms with Crippen LogP contribution >= 0.6 is 0 Å². The number of esters is 2. The van der Waals surface area contributed by atoms with Crippen LogP contribution in [0.1, 0.15) is 59.4 Å². The fraction of sp³-hybridized carbons (Fsp3) is 0.545. The van der Waals surface area contributed by atoms with Crippen LogP contribution in [0, 0.1) is 0 Å². The van der Waals surface area contributed by atoms with Crippen LogP contribution in [0.25, 0.3) is 0 Å². The van der Waals surface area contributed by atoms with Crippen molar-refractivity contribution < 1.29 is 43.2 Å². The van der Waals surface area contributed by atoms with Crippen molar-refractivity contribution in [1.82, 2.24) is 5.32 Å². The molecule has 10 nitrogen and oxygen atoms in total. The van der Waals surface area contributed by atoms with Crippen molar-refractivity contribution in [3.63, 3.8) is 0 Å². The molecule has 0 aliphatic heterocycles. The molecule has 1 aromatic rings. The molecule has 1 aromatic carbocycles. The van der Waals surface area contributed by atoms with Crippen molar-refractivity contribution in [2.45, 2.75) is 72.1 Å². The van der Waals surface area contributed by atoms with Gasteiger partial charge in [0.25, 0.3) is 5.72 Å². The summed E-state index contributed by atoms with van der Waals surface area (Å²) in [5.74, 6) is -2.79. The van der Waals surface area contributed by atoms with Crippen LogP contribution in [0.15, 0.2) is 18.2 Å². The Balaban J connectivity index is 3.31. The van der Waals surface area contributed by atoms with Crippen molar-refractivity contribution in [2.75, 3.05) is 6.61 Å². The number of carboxylic acids is 1. The lowest BCUT2D eigenvalue weighted by atomic mass is 10.00. The van der Waals surface area contributed by atoms with Crippen molar-refractivity contribution in [3.05, 3.63) is 23.8 Å². The Hall–Kier alpha value is -3.14. The Labute approximate surface area is 187 Å². The molecule has 0 saturated heterocycles. The summed E-state index contributed by atoms with van der Waals surface area (Å²) < 4.78 is 20.4. The van der Waals surface area contributed by atoms with E-state index in [2.05, 4.69) is 5.32 Å². The predicted octanol–water partition coefficient (Wildman–Crippen LogP) is 3.20. The van der Waals surface area contributed by atoms with E-state index >= 15 is 0 Å². The maximum atomic E-state index is 12.3. The summed E-state index contributed by atoms with van der Waals surface area (Å²) in [6.45, 7) is 7.97. The number of hydrogen-bond donors (Lipinski definition) is 2. The van der Waals surface area contributed by atoms with Crippen molar-refractivity contribution in [2.24, 2.45) is 0 Å². The third-order valence-electron chi connectivity index (χ3n) is 4.38. The number of aliphatic carboxylic acids is 1. The first kappa shape index (κ1) is 26.9. The molecule has 1 rings (SSSR count). The Morgan fingerprint density at radius 2 is 1.69 bits per heavy atom. The average Bonchev–Trinajstić information content (AvgIpc) is 2.69. The molecule has 0 amide bonds. The largest absolute Gasteiger partial charge is 0.510 e. The highest BCUT2D eigenvalue weighted by Crippen LogP contribution is 2.31. The second-order valence-corrected chi connectivity index (χ2v) is 7.29. The molecule has 32 heavy (non-hydrogen) atoms. The third kappa shape index (κ3) is 8.54. The molecule has 0 bridgehead atoms. The fourth-order valence-electron chi connectivity index (χ4n) is 2.69. The maximum absolute atomic E-state index is 12.3. The second kappa shape index (κ2) is 12.7. The summed E-state index contributed by atoms with van der Waals surface area (Å²) in [7, 11) is 0. The van der Waals surface area contributed by atoms with Crippen molar-refractivity contribution in [1.29, 1.82) is 0 Å². The van der Waals surface area contributed by atoms with Gasteiger partial charge in [-0.15, -0.1) is 0 Å². The van der Waals surface area contributed by atoms with Crippen molar-refractivity contribution in [3.8, 4) is 11.5 Å². The van der Waals surface area contributed by atoms with Crippen LogP contribution in [0.4, 0.5) is 4.79 Å². The molecule has 2 atom stereocenters. The number of carboxylic acid groups (broad SMARTS) is 1. The molecule has 0 radical (unpaired) electrons. The first-order chi connectivity index (χ1) is 15.0. The van der Waals surface area contributed by atoms with Gasteiger partial charge in [0, 0.05) is 26.3 Å². The maximum Gasteiger partial charge on any atom is 0.510 e. The van der Waals surface area contributed by atoms with Gasteiger partial charge in [-0.1, -0.05) is 26.3 Å². The lowest BCUT2D eigenvalue weighted by molar-refractivity contribution is -0.167. The summed E-state index contributed by atoms with van der Waals surface area (Å²) in [5.41, 5.74) is -1.80. The molecule has 0 aliphatic rings. The molecule has 0 aliphatic carbocycles. The molecule has 2 N–H and O–H groups in total. The molecular formula is C22H31NO9. The van der Waals surface area contributed by atoms with E-state index < -0.39 is 29.8 Å². The minimum Gasteiger partial charge on any atom is -0.477 e. The van der Waals surface area contributed by atoms with Crippen molar-refractivity contribution >= 4 is 24.1 Å². The summed E-state index contributed by atoms with van der Waals surface area (Å²) in [5, 5.41) is 12.8. The van der Waals surface area contributed by atoms with Crippen LogP contribution in [0.2, 0.25) is 0 Å². The molecule has 0 heterocycles. The van der Waals surface area contributed by atoms with Crippen LogP contribution in [0.5, 0.6) is 11.5 Å². The highest BCUT2D eigenvalue weighted by Gasteiger charge is 2.44. The lowest BCUT2D eigenvalue weighted by Gasteiger charge is -2.32. The number of rotatable bonds is 12. The summed E-state index contributed by atoms with van der Waals surface area (Å²) in [6, 6.07) is 3.88. The third-order valence-corrected chi connectivity index (χ3v) is 4.38. The van der Waals surface area contributed by atoms with Gasteiger partial charge in [-0.05, 0) is 37.5 Å². The molecule has 1 unspecified atom stereocenters. The van der Waals surface area contributed by atoms with E-state index in [9.17, 15) is 24.3 Å². The summed E-state index contributed by atoms with van der Waals surface area (Å²) >= 11 is 0. The minimum absolute atomic E-state index is 0.00726. The average molecular weight is 453 g/mol. The summed E-state index contributed by atoms with van der Waals surface area (Å²) in [4.78, 5) is 47.3. The minimum atomic E-state index is -2.14. The molecule has 0 spiro atoms. The van der Waals surface area contributed by atoms with Gasteiger partial charge in [0.15, 0.2) is 11.5 Å². The number of unbranched alkanes of at least 4 members (excludes halogenated alkanes) is 1. The van der Waals surface area contributed by atoms with E-state index in [1.54, 1.807) is 6.92 Å². The van der Waals surface area contributed by atoms with E-state index in [4.69, 9.17) is 18.9 Å². The Kier molecular flexibility index (Phi) is 10.6. The molecule has 0 saturated carbocycles. The Morgan fingerprint density at radius 1 is 1.06 bits per heavy atom. The molecular weight excluding hydrogens is 422 g/mol. The molecule has 0 aromatic heterocycles. The molecule has 10 heteroatoms. The van der Waals surface area contributed by atoms with E-state index in [1.807, 2.05) is 13.8 Å². The smallest absolute Gasteiger partial charge is 0.477 e. The van der Waals surface area contributed by atoms with E-state index in [0.717, 1.165) is 6.42 Å². The van der Waals surface area contributed by atoms with E-state index in [1.165, 1.54) is 32.0 Å². The Bertz CT molecular complexity index is 824. The topological polar surface area (TPSA) is 137 Å². The van der Waals surface area contributed by atoms with Gasteiger partial charge in [0.2, 0.25) is 0 Å². The van der Waals surface area contributed by atoms with Gasteiger partial charge in [-0.25, -0.2) is 9.59 Å². The van der Waals surface area contributed by atoms with Gasteiger partial charge < -0.3 is 24.1 Å². The zero-order valence-corrected chi connectivity index (χ0v) is 19.1. The molecule has 0 fully saturated rings. The van der Waals surface area contributed by atoms with Crippen LogP contribution in [-0.2, 0) is 30.3 Å². The van der Waals surface area contributed by atoms with E-state index in [-0.39, 0.29) is 30.6 Å². The lowest BCUT2D eigenvalue weighted by Crippen LogP contribution is -2.59. The molecule has 178 valence electrons. The first-order valence-corrected chi connectivity index (χ1v) is 10.4. The Morgan fingerprint density at radius 3 is 2.22 bits per heavy atom. The summed E-state index contributed by atoms with van der Waals surface area (Å²) in [6.07, 6.45) is 0.527. The predicted molar refractivity (Wildman–Crippen MR) is 113 cm³/mol. The number of carbonyl (C=O) groups is 4. The van der Waals surface area contributed by atoms with Gasteiger partial charge in [0.05, 0.1) is 6.61 Å². The number of carbonyl (C=O) groups excluding carboxylic acids is 3. The number of benzene rings is 1. The van der Waals surface area contributed by atoms with Gasteiger partial charge in [-0.3, -0.25) is 14.9 Å². The zero-order chi connectivity index (χ0) is 24.3. The van der Waals surface area contributed by atoms with Gasteiger partial charge in [-0.2, -0.15) is 0 Å². The number of nitrogens with one attached hydrogen (secondary N) is 1. The van der Waals surface area contributed by atoms with Gasteiger partial charge >= 0.3 is 24.1 Å². The highest BCUT2D eigenvalue weighted by molar-refractivity contribution is 5.80. The fourth-order valence-corrected chi connectivity index (χ4v) is 2.69. The second-order valence-electron chi connectivity index (χ2n) is 7.29. The first-order valence-electron chi connectivity index (χ1n) is 10.4. The SMILES string of the molecule is CCCCOC(=O)O[C@](Cc1ccc(OC(C)=O)c(OC(C)=O)c1)(NC(C)CC)C(=O)O.